The monoisotopic (exact) mass is 368 g/mol. The normalized spacial score (nSPS) is 58.2. The number of rotatable bonds is 1. The van der Waals surface area contributed by atoms with Crippen LogP contribution in [0.25, 0.3) is 0 Å². The first-order valence-electron chi connectivity index (χ1n) is 9.84. The number of carbonyl (C=O) groups is 1. The highest BCUT2D eigenvalue weighted by Gasteiger charge is 2.83. The van der Waals surface area contributed by atoms with Gasteiger partial charge in [-0.1, -0.05) is 27.2 Å². The van der Waals surface area contributed by atoms with Gasteiger partial charge in [0, 0.05) is 10.8 Å². The zero-order valence-electron chi connectivity index (χ0n) is 16.0. The van der Waals surface area contributed by atoms with Gasteiger partial charge in [-0.05, 0) is 49.9 Å². The number of Topliss-reactive ketones (excluding diaryl/α,β-unsaturated/α-hetero) is 1. The summed E-state index contributed by atoms with van der Waals surface area (Å²) in [6, 6.07) is 0. The van der Waals surface area contributed by atoms with Crippen LogP contribution in [0.15, 0.2) is 0 Å². The van der Waals surface area contributed by atoms with Gasteiger partial charge in [-0.25, -0.2) is 0 Å². The van der Waals surface area contributed by atoms with E-state index in [0.717, 1.165) is 19.3 Å². The third-order valence-electron chi connectivity index (χ3n) is 9.10. The Kier molecular flexibility index (Phi) is 3.54. The van der Waals surface area contributed by atoms with Gasteiger partial charge < -0.3 is 25.5 Å². The Morgan fingerprint density at radius 1 is 1.04 bits per heavy atom. The van der Waals surface area contributed by atoms with Gasteiger partial charge in [-0.2, -0.15) is 0 Å². The molecule has 7 unspecified atom stereocenters. The first-order valence-corrected chi connectivity index (χ1v) is 9.84. The molecule has 0 aromatic rings. The Hall–Kier alpha value is -0.530. The van der Waals surface area contributed by atoms with Crippen molar-refractivity contribution in [3.05, 3.63) is 0 Å². The van der Waals surface area contributed by atoms with Gasteiger partial charge in [0.15, 0.2) is 5.78 Å². The van der Waals surface area contributed by atoms with E-state index in [-0.39, 0.29) is 24.2 Å². The van der Waals surface area contributed by atoms with Gasteiger partial charge in [-0.15, -0.1) is 0 Å². The largest absolute Gasteiger partial charge is 0.393 e. The van der Waals surface area contributed by atoms with Crippen molar-refractivity contribution in [3.63, 3.8) is 0 Å². The molecule has 7 atom stereocenters. The van der Waals surface area contributed by atoms with Crippen LogP contribution in [0.1, 0.15) is 65.7 Å². The van der Waals surface area contributed by atoms with E-state index < -0.39 is 46.1 Å². The number of ketones is 1. The van der Waals surface area contributed by atoms with Crippen LogP contribution < -0.4 is 0 Å². The molecule has 0 saturated heterocycles. The summed E-state index contributed by atoms with van der Waals surface area (Å²) in [6.45, 7) is 5.55. The van der Waals surface area contributed by atoms with Crippen molar-refractivity contribution in [2.75, 3.05) is 6.61 Å². The van der Waals surface area contributed by atoms with E-state index in [9.17, 15) is 30.3 Å². The zero-order chi connectivity index (χ0) is 19.4. The van der Waals surface area contributed by atoms with Crippen LogP contribution in [-0.2, 0) is 4.79 Å². The first-order chi connectivity index (χ1) is 11.8. The minimum absolute atomic E-state index is 0.0325. The summed E-state index contributed by atoms with van der Waals surface area (Å²) >= 11 is 0. The number of carbonyl (C=O) groups excluding carboxylic acids is 1. The molecule has 0 aliphatic heterocycles. The molecule has 0 amide bonds. The molecule has 1 spiro atoms. The summed E-state index contributed by atoms with van der Waals surface area (Å²) in [5, 5.41) is 54.4. The molecule has 4 saturated carbocycles. The lowest BCUT2D eigenvalue weighted by Crippen LogP contribution is -2.76. The summed E-state index contributed by atoms with van der Waals surface area (Å²) in [5.41, 5.74) is -7.69. The highest BCUT2D eigenvalue weighted by atomic mass is 16.4. The molecule has 4 aliphatic rings. The second-order valence-corrected chi connectivity index (χ2v) is 10.6. The average molecular weight is 368 g/mol. The fourth-order valence-electron chi connectivity index (χ4n) is 7.86. The molecule has 6 nitrogen and oxygen atoms in total. The summed E-state index contributed by atoms with van der Waals surface area (Å²) in [4.78, 5) is 13.4. The molecule has 26 heavy (non-hydrogen) atoms. The van der Waals surface area contributed by atoms with Crippen molar-refractivity contribution >= 4 is 5.78 Å². The van der Waals surface area contributed by atoms with Crippen LogP contribution in [0.4, 0.5) is 0 Å². The maximum absolute atomic E-state index is 13.4. The van der Waals surface area contributed by atoms with E-state index >= 15 is 0 Å². The van der Waals surface area contributed by atoms with Gasteiger partial charge in [0.1, 0.15) is 22.9 Å². The standard InChI is InChI=1S/C20H32O6/c1-15(2)6-4-7-16(3)12(15)5-8-17-9-18(24,11-21)19(25,10-17)13(22)14(23)20(16,17)26/h12-13,21-22,24-26H,4-11H2,1-3H3. The molecule has 6 heteroatoms. The number of hydrogen-bond donors (Lipinski definition) is 5. The van der Waals surface area contributed by atoms with Gasteiger partial charge in [0.25, 0.3) is 0 Å². The molecule has 4 rings (SSSR count). The van der Waals surface area contributed by atoms with E-state index in [1.54, 1.807) is 0 Å². The Labute approximate surface area is 154 Å². The molecule has 148 valence electrons. The Morgan fingerprint density at radius 3 is 2.31 bits per heavy atom. The van der Waals surface area contributed by atoms with Gasteiger partial charge in [0.05, 0.1) is 6.61 Å². The smallest absolute Gasteiger partial charge is 0.196 e. The molecule has 0 aromatic heterocycles. The Morgan fingerprint density at radius 2 is 1.69 bits per heavy atom. The van der Waals surface area contributed by atoms with Crippen molar-refractivity contribution in [2.24, 2.45) is 22.2 Å². The molecule has 5 N–H and O–H groups in total. The molecule has 2 bridgehead atoms. The third kappa shape index (κ3) is 1.70. The van der Waals surface area contributed by atoms with E-state index in [1.165, 1.54) is 0 Å². The number of aliphatic hydroxyl groups excluding tert-OH is 2. The summed E-state index contributed by atoms with van der Waals surface area (Å²) in [6.07, 6.45) is 1.84. The zero-order valence-corrected chi connectivity index (χ0v) is 16.0. The second kappa shape index (κ2) is 4.90. The maximum atomic E-state index is 13.4. The van der Waals surface area contributed by atoms with Crippen LogP contribution >= 0.6 is 0 Å². The lowest BCUT2D eigenvalue weighted by molar-refractivity contribution is -0.266. The molecular formula is C20H32O6. The highest BCUT2D eigenvalue weighted by molar-refractivity contribution is 5.96. The summed E-state index contributed by atoms with van der Waals surface area (Å²) < 4.78 is 0. The minimum Gasteiger partial charge on any atom is -0.393 e. The molecule has 0 heterocycles. The van der Waals surface area contributed by atoms with Crippen molar-refractivity contribution in [3.8, 4) is 0 Å². The third-order valence-corrected chi connectivity index (χ3v) is 9.10. The van der Waals surface area contributed by atoms with Gasteiger partial charge >= 0.3 is 0 Å². The fraction of sp³-hybridized carbons (Fsp3) is 0.950. The van der Waals surface area contributed by atoms with Gasteiger partial charge in [-0.3, -0.25) is 4.79 Å². The number of fused-ring (bicyclic) bond motifs is 3. The number of hydrogen-bond acceptors (Lipinski definition) is 6. The minimum atomic E-state index is -2.11. The van der Waals surface area contributed by atoms with Crippen LogP contribution in [0.2, 0.25) is 0 Å². The topological polar surface area (TPSA) is 118 Å². The Balaban J connectivity index is 1.92. The number of aliphatic hydroxyl groups is 5. The van der Waals surface area contributed by atoms with E-state index in [1.807, 2.05) is 6.92 Å². The highest BCUT2D eigenvalue weighted by Crippen LogP contribution is 2.74. The molecule has 0 aromatic carbocycles. The van der Waals surface area contributed by atoms with Crippen LogP contribution in [0.3, 0.4) is 0 Å². The van der Waals surface area contributed by atoms with Crippen LogP contribution in [-0.4, -0.2) is 60.8 Å². The second-order valence-electron chi connectivity index (χ2n) is 10.6. The first kappa shape index (κ1) is 18.8. The van der Waals surface area contributed by atoms with Gasteiger partial charge in [0.2, 0.25) is 0 Å². The fourth-order valence-corrected chi connectivity index (χ4v) is 7.86. The lowest BCUT2D eigenvalue weighted by Gasteiger charge is -2.67. The van der Waals surface area contributed by atoms with Crippen LogP contribution in [0, 0.1) is 22.2 Å². The molecule has 4 aliphatic carbocycles. The lowest BCUT2D eigenvalue weighted by atomic mass is 9.38. The predicted octanol–water partition coefficient (Wildman–Crippen LogP) is 0.522. The van der Waals surface area contributed by atoms with Crippen molar-refractivity contribution in [2.45, 2.75) is 88.6 Å². The van der Waals surface area contributed by atoms with Crippen LogP contribution in [0.5, 0.6) is 0 Å². The predicted molar refractivity (Wildman–Crippen MR) is 93.1 cm³/mol. The van der Waals surface area contributed by atoms with Crippen molar-refractivity contribution in [1.82, 2.24) is 0 Å². The van der Waals surface area contributed by atoms with Crippen molar-refractivity contribution < 1.29 is 30.3 Å². The Bertz CT molecular complexity index is 659. The quantitative estimate of drug-likeness (QED) is 0.461. The average Bonchev–Trinajstić information content (AvgIpc) is 2.78. The van der Waals surface area contributed by atoms with E-state index in [4.69, 9.17) is 0 Å². The van der Waals surface area contributed by atoms with E-state index in [0.29, 0.717) is 12.8 Å². The molecule has 0 radical (unpaired) electrons. The summed E-state index contributed by atoms with van der Waals surface area (Å²) in [7, 11) is 0. The SMILES string of the molecule is CC1(C)CCCC2(C)C1CCC13CC(O)(CO)C(O)(C1)C(O)C(=O)C32O. The summed E-state index contributed by atoms with van der Waals surface area (Å²) in [5.74, 6) is -0.662. The van der Waals surface area contributed by atoms with E-state index in [2.05, 4.69) is 13.8 Å². The van der Waals surface area contributed by atoms with Crippen molar-refractivity contribution in [1.29, 1.82) is 0 Å². The molecule has 4 fully saturated rings. The maximum Gasteiger partial charge on any atom is 0.196 e. The molecular weight excluding hydrogens is 336 g/mol.